The van der Waals surface area contributed by atoms with Crippen LogP contribution in [0.15, 0.2) is 35.4 Å². The van der Waals surface area contributed by atoms with Crippen LogP contribution in [0.3, 0.4) is 0 Å². The fourth-order valence-electron chi connectivity index (χ4n) is 2.71. The molecule has 118 valence electrons. The summed E-state index contributed by atoms with van der Waals surface area (Å²) < 4.78 is 0. The molecule has 1 aromatic rings. The number of nitrogens with one attached hydrogen (secondary N) is 2. The Morgan fingerprint density at radius 1 is 1.27 bits per heavy atom. The molecular weight excluding hydrogens is 294 g/mol. The molecule has 0 atom stereocenters. The summed E-state index contributed by atoms with van der Waals surface area (Å²) in [6.07, 6.45) is 2.80. The Morgan fingerprint density at radius 2 is 2.00 bits per heavy atom. The molecule has 0 unspecified atom stereocenters. The molecule has 1 aliphatic carbocycles. The van der Waals surface area contributed by atoms with Crippen molar-refractivity contribution >= 4 is 28.8 Å². The maximum absolute atomic E-state index is 11.7. The Kier molecular flexibility index (Phi) is 5.66. The summed E-state index contributed by atoms with van der Waals surface area (Å²) in [5.74, 6) is 0.250. The van der Waals surface area contributed by atoms with Crippen LogP contribution in [0.25, 0.3) is 0 Å². The van der Waals surface area contributed by atoms with Crippen molar-refractivity contribution in [1.29, 1.82) is 0 Å². The van der Waals surface area contributed by atoms with Crippen LogP contribution in [0.5, 0.6) is 0 Å². The second-order valence-corrected chi connectivity index (χ2v) is 6.92. The van der Waals surface area contributed by atoms with E-state index in [0.29, 0.717) is 18.0 Å². The highest BCUT2D eigenvalue weighted by molar-refractivity contribution is 7.80. The van der Waals surface area contributed by atoms with Crippen LogP contribution >= 0.6 is 12.2 Å². The Hall–Kier alpha value is -1.75. The van der Waals surface area contributed by atoms with Crippen LogP contribution < -0.4 is 10.7 Å². The molecule has 2 N–H and O–H groups in total. The van der Waals surface area contributed by atoms with Crippen LogP contribution in [-0.4, -0.2) is 23.2 Å². The average Bonchev–Trinajstić information content (AvgIpc) is 2.44. The van der Waals surface area contributed by atoms with Crippen molar-refractivity contribution in [3.63, 3.8) is 0 Å². The van der Waals surface area contributed by atoms with Gasteiger partial charge in [0, 0.05) is 25.1 Å². The van der Waals surface area contributed by atoms with Crippen molar-refractivity contribution in [1.82, 2.24) is 10.7 Å². The lowest BCUT2D eigenvalue weighted by Gasteiger charge is -2.29. The Balaban J connectivity index is 1.75. The van der Waals surface area contributed by atoms with E-state index in [9.17, 15) is 4.79 Å². The normalized spacial score (nSPS) is 19.0. The minimum absolute atomic E-state index is 0.00178. The van der Waals surface area contributed by atoms with E-state index < -0.39 is 0 Å². The summed E-state index contributed by atoms with van der Waals surface area (Å²) in [6.45, 7) is 4.94. The molecule has 1 fully saturated rings. The topological polar surface area (TPSA) is 53.5 Å². The smallest absolute Gasteiger partial charge is 0.186 e. The highest BCUT2D eigenvalue weighted by Crippen LogP contribution is 2.31. The molecule has 0 saturated heterocycles. The standard InChI is InChI=1S/C17H23N3OS/c1-17(2)11-14(10-15(21)12-17)19-20-16(22)18-9-8-13-6-4-3-5-7-13/h3-7H,8-12H2,1-2H3,(H2,18,20,22). The molecule has 1 aromatic carbocycles. The van der Waals surface area contributed by atoms with Gasteiger partial charge in [0.25, 0.3) is 0 Å². The zero-order valence-electron chi connectivity index (χ0n) is 13.2. The van der Waals surface area contributed by atoms with Crippen LogP contribution in [-0.2, 0) is 11.2 Å². The highest BCUT2D eigenvalue weighted by Gasteiger charge is 2.30. The molecule has 22 heavy (non-hydrogen) atoms. The molecule has 4 nitrogen and oxygen atoms in total. The van der Waals surface area contributed by atoms with Crippen molar-refractivity contribution in [2.24, 2.45) is 10.5 Å². The van der Waals surface area contributed by atoms with Gasteiger partial charge in [-0.15, -0.1) is 0 Å². The van der Waals surface area contributed by atoms with Crippen LogP contribution in [0, 0.1) is 5.41 Å². The Labute approximate surface area is 137 Å². The van der Waals surface area contributed by atoms with E-state index in [1.165, 1.54) is 5.56 Å². The van der Waals surface area contributed by atoms with Crippen molar-refractivity contribution in [3.8, 4) is 0 Å². The lowest BCUT2D eigenvalue weighted by atomic mass is 9.76. The van der Waals surface area contributed by atoms with Gasteiger partial charge in [0.15, 0.2) is 5.11 Å². The number of nitrogens with zero attached hydrogens (tertiary/aromatic N) is 1. The molecule has 0 aliphatic heterocycles. The number of ketones is 1. The average molecular weight is 317 g/mol. The minimum Gasteiger partial charge on any atom is -0.361 e. The SMILES string of the molecule is CC1(C)CC(=O)CC(=NNC(=S)NCCc2ccccc2)C1. The largest absolute Gasteiger partial charge is 0.361 e. The lowest BCUT2D eigenvalue weighted by Crippen LogP contribution is -2.36. The third kappa shape index (κ3) is 5.56. The fourth-order valence-corrected chi connectivity index (χ4v) is 2.86. The summed E-state index contributed by atoms with van der Waals surface area (Å²) in [7, 11) is 0. The molecule has 0 amide bonds. The second-order valence-electron chi connectivity index (χ2n) is 6.51. The number of carbonyl (C=O) groups excluding carboxylic acids is 1. The first-order chi connectivity index (χ1) is 10.4. The lowest BCUT2D eigenvalue weighted by molar-refractivity contribution is -0.120. The highest BCUT2D eigenvalue weighted by atomic mass is 32.1. The Bertz CT molecular complexity index is 567. The molecule has 1 saturated carbocycles. The molecule has 2 rings (SSSR count). The van der Waals surface area contributed by atoms with Gasteiger partial charge in [-0.3, -0.25) is 10.2 Å². The molecule has 5 heteroatoms. The first kappa shape index (κ1) is 16.6. The van der Waals surface area contributed by atoms with E-state index >= 15 is 0 Å². The minimum atomic E-state index is -0.00178. The zero-order chi connectivity index (χ0) is 16.0. The maximum atomic E-state index is 11.7. The third-order valence-electron chi connectivity index (χ3n) is 3.62. The van der Waals surface area contributed by atoms with Gasteiger partial charge in [0.05, 0.1) is 0 Å². The van der Waals surface area contributed by atoms with Crippen molar-refractivity contribution < 1.29 is 4.79 Å². The molecule has 0 radical (unpaired) electrons. The number of rotatable bonds is 4. The van der Waals surface area contributed by atoms with Gasteiger partial charge in [-0.05, 0) is 36.0 Å². The van der Waals surface area contributed by atoms with Crippen molar-refractivity contribution in [2.75, 3.05) is 6.54 Å². The molecule has 1 aliphatic rings. The summed E-state index contributed by atoms with van der Waals surface area (Å²) in [5.41, 5.74) is 5.00. The summed E-state index contributed by atoms with van der Waals surface area (Å²) in [5, 5.41) is 7.93. The van der Waals surface area contributed by atoms with E-state index in [-0.39, 0.29) is 11.2 Å². The van der Waals surface area contributed by atoms with Crippen LogP contribution in [0.2, 0.25) is 0 Å². The van der Waals surface area contributed by atoms with E-state index in [2.05, 4.69) is 41.8 Å². The quantitative estimate of drug-likeness (QED) is 0.662. The monoisotopic (exact) mass is 317 g/mol. The van der Waals surface area contributed by atoms with Gasteiger partial charge in [-0.2, -0.15) is 5.10 Å². The summed E-state index contributed by atoms with van der Waals surface area (Å²) in [4.78, 5) is 11.7. The van der Waals surface area contributed by atoms with Gasteiger partial charge in [-0.1, -0.05) is 44.2 Å². The first-order valence-electron chi connectivity index (χ1n) is 7.59. The number of thiocarbonyl (C=S) groups is 1. The van der Waals surface area contributed by atoms with Crippen LogP contribution in [0.4, 0.5) is 0 Å². The van der Waals surface area contributed by atoms with E-state index in [4.69, 9.17) is 12.2 Å². The predicted molar refractivity (Wildman–Crippen MR) is 94.0 cm³/mol. The number of benzene rings is 1. The second kappa shape index (κ2) is 7.49. The third-order valence-corrected chi connectivity index (χ3v) is 3.85. The predicted octanol–water partition coefficient (Wildman–Crippen LogP) is 2.83. The van der Waals surface area contributed by atoms with Gasteiger partial charge in [-0.25, -0.2) is 0 Å². The van der Waals surface area contributed by atoms with Gasteiger partial charge in [0.2, 0.25) is 0 Å². The molecule has 0 bridgehead atoms. The molecule has 0 spiro atoms. The number of carbonyl (C=O) groups is 1. The number of hydrogen-bond acceptors (Lipinski definition) is 3. The van der Waals surface area contributed by atoms with Crippen molar-refractivity contribution in [3.05, 3.63) is 35.9 Å². The van der Waals surface area contributed by atoms with E-state index in [0.717, 1.165) is 25.1 Å². The van der Waals surface area contributed by atoms with E-state index in [1.807, 2.05) is 18.2 Å². The number of hydrazone groups is 1. The van der Waals surface area contributed by atoms with Gasteiger partial charge < -0.3 is 5.32 Å². The fraction of sp³-hybridized carbons (Fsp3) is 0.471. The number of Topliss-reactive ketones (excluding diaryl/α,β-unsaturated/α-hetero) is 1. The molecular formula is C17H23N3OS. The van der Waals surface area contributed by atoms with Gasteiger partial charge >= 0.3 is 0 Å². The van der Waals surface area contributed by atoms with E-state index in [1.54, 1.807) is 0 Å². The number of hydrogen-bond donors (Lipinski definition) is 2. The van der Waals surface area contributed by atoms with Gasteiger partial charge in [0.1, 0.15) is 5.78 Å². The summed E-state index contributed by atoms with van der Waals surface area (Å²) >= 11 is 5.21. The zero-order valence-corrected chi connectivity index (χ0v) is 14.0. The molecule has 0 aromatic heterocycles. The van der Waals surface area contributed by atoms with Crippen molar-refractivity contribution in [2.45, 2.75) is 39.5 Å². The maximum Gasteiger partial charge on any atom is 0.186 e. The summed E-state index contributed by atoms with van der Waals surface area (Å²) in [6, 6.07) is 10.2. The first-order valence-corrected chi connectivity index (χ1v) is 8.00. The molecule has 0 heterocycles. The Morgan fingerprint density at radius 3 is 2.68 bits per heavy atom. The van der Waals surface area contributed by atoms with Crippen LogP contribution in [0.1, 0.15) is 38.7 Å².